The Kier molecular flexibility index (Phi) is 9.94. The predicted octanol–water partition coefficient (Wildman–Crippen LogP) is 2.89. The standard InChI is InChI=1S/C26H37N3O5/c1-6-8-9-16-27-23(31)22(19-12-10-18(7-2)11-13-19)29(20-14-15-20)24(32)21(17-30)28-25(33)34-26(3,4)5/h2,10-13,20-22,30H,6,8-9,14-17H2,1,3-5H3,(H,27,31)(H,28,33). The van der Waals surface area contributed by atoms with Gasteiger partial charge in [0.05, 0.1) is 6.61 Å². The third-order valence-corrected chi connectivity index (χ3v) is 5.37. The maximum atomic E-state index is 13.6. The summed E-state index contributed by atoms with van der Waals surface area (Å²) in [5.74, 6) is 1.71. The molecule has 0 heterocycles. The third-order valence-electron chi connectivity index (χ3n) is 5.37. The van der Waals surface area contributed by atoms with Crippen LogP contribution in [-0.2, 0) is 14.3 Å². The van der Waals surface area contributed by atoms with Crippen molar-refractivity contribution in [2.45, 2.75) is 83.5 Å². The van der Waals surface area contributed by atoms with E-state index >= 15 is 0 Å². The zero-order valence-corrected chi connectivity index (χ0v) is 20.6. The molecule has 0 bridgehead atoms. The maximum Gasteiger partial charge on any atom is 0.408 e. The van der Waals surface area contributed by atoms with Crippen LogP contribution in [0.3, 0.4) is 0 Å². The van der Waals surface area contributed by atoms with E-state index in [4.69, 9.17) is 11.2 Å². The number of ether oxygens (including phenoxy) is 1. The van der Waals surface area contributed by atoms with Crippen LogP contribution in [0.5, 0.6) is 0 Å². The molecule has 8 nitrogen and oxygen atoms in total. The molecular weight excluding hydrogens is 434 g/mol. The molecule has 3 amide bonds. The van der Waals surface area contributed by atoms with Gasteiger partial charge in [-0.05, 0) is 57.7 Å². The zero-order valence-electron chi connectivity index (χ0n) is 20.6. The number of nitrogens with one attached hydrogen (secondary N) is 2. The second-order valence-electron chi connectivity index (χ2n) is 9.53. The summed E-state index contributed by atoms with van der Waals surface area (Å²) in [4.78, 5) is 40.7. The predicted molar refractivity (Wildman–Crippen MR) is 130 cm³/mol. The number of nitrogens with zero attached hydrogens (tertiary/aromatic N) is 1. The third kappa shape index (κ3) is 8.07. The number of carbonyl (C=O) groups is 3. The molecule has 1 aliphatic carbocycles. The minimum absolute atomic E-state index is 0.166. The van der Waals surface area contributed by atoms with E-state index in [1.165, 1.54) is 4.90 Å². The normalized spacial score (nSPS) is 14.9. The van der Waals surface area contributed by atoms with E-state index in [0.29, 0.717) is 17.7 Å². The number of hydrogen-bond acceptors (Lipinski definition) is 5. The van der Waals surface area contributed by atoms with Crippen molar-refractivity contribution in [2.24, 2.45) is 0 Å². The van der Waals surface area contributed by atoms with Gasteiger partial charge in [0.15, 0.2) is 0 Å². The molecule has 8 heteroatoms. The van der Waals surface area contributed by atoms with Gasteiger partial charge in [-0.2, -0.15) is 0 Å². The van der Waals surface area contributed by atoms with Crippen LogP contribution in [0.1, 0.15) is 77.0 Å². The van der Waals surface area contributed by atoms with Crippen molar-refractivity contribution in [3.63, 3.8) is 0 Å². The highest BCUT2D eigenvalue weighted by molar-refractivity contribution is 5.92. The average molecular weight is 472 g/mol. The fourth-order valence-electron chi connectivity index (χ4n) is 3.57. The highest BCUT2D eigenvalue weighted by Crippen LogP contribution is 2.35. The van der Waals surface area contributed by atoms with Gasteiger partial charge in [-0.1, -0.05) is 37.8 Å². The van der Waals surface area contributed by atoms with Gasteiger partial charge in [0.25, 0.3) is 0 Å². The topological polar surface area (TPSA) is 108 Å². The van der Waals surface area contributed by atoms with Gasteiger partial charge in [0.1, 0.15) is 17.7 Å². The van der Waals surface area contributed by atoms with Crippen LogP contribution >= 0.6 is 0 Å². The summed E-state index contributed by atoms with van der Waals surface area (Å²) in [6.45, 7) is 7.07. The molecule has 3 N–H and O–H groups in total. The molecule has 186 valence electrons. The van der Waals surface area contributed by atoms with E-state index in [2.05, 4.69) is 23.5 Å². The largest absolute Gasteiger partial charge is 0.444 e. The van der Waals surface area contributed by atoms with Crippen LogP contribution in [0, 0.1) is 12.3 Å². The van der Waals surface area contributed by atoms with Crippen LogP contribution in [-0.4, -0.2) is 58.8 Å². The number of unbranched alkanes of at least 4 members (excludes halogenated alkanes) is 2. The molecule has 1 saturated carbocycles. The monoisotopic (exact) mass is 471 g/mol. The number of rotatable bonds is 11. The molecule has 1 aliphatic rings. The maximum absolute atomic E-state index is 13.6. The number of benzene rings is 1. The lowest BCUT2D eigenvalue weighted by molar-refractivity contribution is -0.144. The fourth-order valence-corrected chi connectivity index (χ4v) is 3.57. The van der Waals surface area contributed by atoms with Crippen LogP contribution in [0.25, 0.3) is 0 Å². The Morgan fingerprint density at radius 2 is 1.85 bits per heavy atom. The molecule has 0 aliphatic heterocycles. The molecule has 0 spiro atoms. The van der Waals surface area contributed by atoms with Crippen LogP contribution in [0.4, 0.5) is 4.79 Å². The van der Waals surface area contributed by atoms with Crippen molar-refractivity contribution in [1.29, 1.82) is 0 Å². The van der Waals surface area contributed by atoms with Gasteiger partial charge in [0, 0.05) is 18.2 Å². The van der Waals surface area contributed by atoms with E-state index in [1.807, 2.05) is 0 Å². The Bertz CT molecular complexity index is 881. The minimum Gasteiger partial charge on any atom is -0.444 e. The number of amides is 3. The number of hydrogen-bond donors (Lipinski definition) is 3. The summed E-state index contributed by atoms with van der Waals surface area (Å²) in [6, 6.07) is 4.61. The Morgan fingerprint density at radius 3 is 2.35 bits per heavy atom. The van der Waals surface area contributed by atoms with E-state index < -0.39 is 36.3 Å². The molecule has 0 saturated heterocycles. The molecule has 2 unspecified atom stereocenters. The molecule has 2 atom stereocenters. The molecule has 34 heavy (non-hydrogen) atoms. The van der Waals surface area contributed by atoms with Crippen molar-refractivity contribution >= 4 is 17.9 Å². The molecule has 2 rings (SSSR count). The van der Waals surface area contributed by atoms with Crippen LogP contribution in [0.15, 0.2) is 24.3 Å². The Balaban J connectivity index is 2.32. The Morgan fingerprint density at radius 1 is 1.21 bits per heavy atom. The average Bonchev–Trinajstić information content (AvgIpc) is 3.62. The molecule has 0 radical (unpaired) electrons. The Labute approximate surface area is 202 Å². The number of terminal acetylenes is 1. The van der Waals surface area contributed by atoms with Crippen molar-refractivity contribution in [3.05, 3.63) is 35.4 Å². The zero-order chi connectivity index (χ0) is 25.3. The van der Waals surface area contributed by atoms with Crippen LogP contribution in [0.2, 0.25) is 0 Å². The highest BCUT2D eigenvalue weighted by atomic mass is 16.6. The first-order valence-electron chi connectivity index (χ1n) is 11.9. The Hall–Kier alpha value is -3.05. The van der Waals surface area contributed by atoms with Crippen molar-refractivity contribution in [2.75, 3.05) is 13.2 Å². The lowest BCUT2D eigenvalue weighted by Crippen LogP contribution is -2.55. The molecule has 1 aromatic carbocycles. The van der Waals surface area contributed by atoms with E-state index in [0.717, 1.165) is 32.1 Å². The van der Waals surface area contributed by atoms with Gasteiger partial charge in [0.2, 0.25) is 11.8 Å². The number of aliphatic hydroxyl groups excluding tert-OH is 1. The molecule has 1 aromatic rings. The van der Waals surface area contributed by atoms with Gasteiger partial charge < -0.3 is 25.4 Å². The summed E-state index contributed by atoms with van der Waals surface area (Å²) in [6.07, 6.45) is 8.97. The van der Waals surface area contributed by atoms with Crippen LogP contribution < -0.4 is 10.6 Å². The van der Waals surface area contributed by atoms with Crippen molar-refractivity contribution in [3.8, 4) is 12.3 Å². The van der Waals surface area contributed by atoms with Gasteiger partial charge in [-0.25, -0.2) is 4.79 Å². The van der Waals surface area contributed by atoms with E-state index in [9.17, 15) is 19.5 Å². The summed E-state index contributed by atoms with van der Waals surface area (Å²) in [5.41, 5.74) is 0.513. The lowest BCUT2D eigenvalue weighted by Gasteiger charge is -2.34. The van der Waals surface area contributed by atoms with E-state index in [-0.39, 0.29) is 11.9 Å². The summed E-state index contributed by atoms with van der Waals surface area (Å²) in [7, 11) is 0. The number of aliphatic hydroxyl groups is 1. The van der Waals surface area contributed by atoms with Crippen molar-refractivity contribution < 1.29 is 24.2 Å². The first-order valence-corrected chi connectivity index (χ1v) is 11.9. The second kappa shape index (κ2) is 12.4. The quantitative estimate of drug-likeness (QED) is 0.340. The number of carbonyl (C=O) groups excluding carboxylic acids is 3. The first-order chi connectivity index (χ1) is 16.1. The summed E-state index contributed by atoms with van der Waals surface area (Å²) in [5, 5.41) is 15.3. The smallest absolute Gasteiger partial charge is 0.408 e. The van der Waals surface area contributed by atoms with Gasteiger partial charge in [-0.3, -0.25) is 9.59 Å². The van der Waals surface area contributed by atoms with Crippen molar-refractivity contribution in [1.82, 2.24) is 15.5 Å². The second-order valence-corrected chi connectivity index (χ2v) is 9.53. The number of alkyl carbamates (subject to hydrolysis) is 1. The first kappa shape index (κ1) is 27.2. The summed E-state index contributed by atoms with van der Waals surface area (Å²) >= 11 is 0. The fraction of sp³-hybridized carbons (Fsp3) is 0.577. The molecular formula is C26H37N3O5. The highest BCUT2D eigenvalue weighted by Gasteiger charge is 2.43. The summed E-state index contributed by atoms with van der Waals surface area (Å²) < 4.78 is 5.24. The SMILES string of the molecule is C#Cc1ccc(C(C(=O)NCCCCC)N(C(=O)C(CO)NC(=O)OC(C)(C)C)C2CC2)cc1. The molecule has 1 fully saturated rings. The lowest BCUT2D eigenvalue weighted by atomic mass is 10.0. The minimum atomic E-state index is -1.24. The van der Waals surface area contributed by atoms with E-state index in [1.54, 1.807) is 45.0 Å². The van der Waals surface area contributed by atoms with Gasteiger partial charge >= 0.3 is 6.09 Å². The van der Waals surface area contributed by atoms with Gasteiger partial charge in [-0.15, -0.1) is 6.42 Å². The molecule has 0 aromatic heterocycles.